The highest BCUT2D eigenvalue weighted by Crippen LogP contribution is 2.13. The van der Waals surface area contributed by atoms with Gasteiger partial charge < -0.3 is 9.47 Å². The number of hydrogen-bond acceptors (Lipinski definition) is 4. The van der Waals surface area contributed by atoms with Gasteiger partial charge in [-0.3, -0.25) is 9.36 Å². The molecule has 8 nitrogen and oxygen atoms in total. The van der Waals surface area contributed by atoms with Gasteiger partial charge in [-0.1, -0.05) is 13.8 Å². The minimum Gasteiger partial charge on any atom is -0.334 e. The van der Waals surface area contributed by atoms with E-state index >= 15 is 0 Å². The number of carbonyl (C=O) groups is 1. The summed E-state index contributed by atoms with van der Waals surface area (Å²) in [5, 5.41) is 6.37. The van der Waals surface area contributed by atoms with Crippen molar-refractivity contribution >= 4 is 5.91 Å². The third kappa shape index (κ3) is 2.68. The van der Waals surface area contributed by atoms with E-state index in [9.17, 15) is 9.59 Å². The molecule has 0 radical (unpaired) electrons. The number of carbonyl (C=O) groups excluding carboxylic acids is 1. The first-order valence-electron chi connectivity index (χ1n) is 7.49. The van der Waals surface area contributed by atoms with Crippen LogP contribution in [0.5, 0.6) is 0 Å². The van der Waals surface area contributed by atoms with Crippen LogP contribution in [0.25, 0.3) is 0 Å². The Kier molecular flexibility index (Phi) is 3.82. The lowest BCUT2D eigenvalue weighted by atomic mass is 10.2. The predicted molar refractivity (Wildman–Crippen MR) is 79.2 cm³/mol. The van der Waals surface area contributed by atoms with Gasteiger partial charge in [0.15, 0.2) is 5.82 Å². The van der Waals surface area contributed by atoms with Crippen LogP contribution in [0.3, 0.4) is 0 Å². The molecule has 0 spiro atoms. The average Bonchev–Trinajstić information content (AvgIpc) is 3.11. The number of aryl methyl sites for hydroxylation is 1. The zero-order chi connectivity index (χ0) is 15.7. The van der Waals surface area contributed by atoms with E-state index in [0.717, 1.165) is 5.82 Å². The van der Waals surface area contributed by atoms with E-state index in [-0.39, 0.29) is 11.6 Å². The Morgan fingerprint density at radius 2 is 2.23 bits per heavy atom. The Labute approximate surface area is 127 Å². The maximum atomic E-state index is 12.4. The second-order valence-electron chi connectivity index (χ2n) is 5.80. The molecular formula is C14H20N6O2. The van der Waals surface area contributed by atoms with Crippen LogP contribution in [0.15, 0.2) is 17.2 Å². The van der Waals surface area contributed by atoms with Crippen molar-refractivity contribution in [3.05, 3.63) is 34.5 Å². The number of nitrogens with zero attached hydrogens (tertiary/aromatic N) is 5. The van der Waals surface area contributed by atoms with Crippen molar-refractivity contribution in [2.75, 3.05) is 6.54 Å². The first-order chi connectivity index (χ1) is 10.6. The Morgan fingerprint density at radius 1 is 1.41 bits per heavy atom. The van der Waals surface area contributed by atoms with Crippen LogP contribution in [0.4, 0.5) is 0 Å². The highest BCUT2D eigenvalue weighted by molar-refractivity contribution is 5.76. The van der Waals surface area contributed by atoms with Crippen molar-refractivity contribution in [2.24, 2.45) is 0 Å². The van der Waals surface area contributed by atoms with Crippen molar-refractivity contribution in [2.45, 2.75) is 45.8 Å². The summed E-state index contributed by atoms with van der Waals surface area (Å²) >= 11 is 0. The molecule has 8 heteroatoms. The number of H-pyrrole nitrogens is 1. The SMILES string of the molecule is CC(C)c1nccn1CCC(=O)N1CCn2c(n[nH]c2=O)C1. The molecule has 0 unspecified atom stereocenters. The summed E-state index contributed by atoms with van der Waals surface area (Å²) in [6.45, 7) is 6.23. The number of amides is 1. The normalized spacial score (nSPS) is 14.4. The van der Waals surface area contributed by atoms with Crippen molar-refractivity contribution in [3.8, 4) is 0 Å². The molecule has 1 aliphatic heterocycles. The number of imidazole rings is 1. The Balaban J connectivity index is 1.61. The molecule has 3 heterocycles. The maximum absolute atomic E-state index is 12.4. The quantitative estimate of drug-likeness (QED) is 0.881. The predicted octanol–water partition coefficient (Wildman–Crippen LogP) is 0.324. The maximum Gasteiger partial charge on any atom is 0.343 e. The molecule has 2 aromatic heterocycles. The minimum absolute atomic E-state index is 0.0742. The summed E-state index contributed by atoms with van der Waals surface area (Å²) in [5.74, 6) is 2.02. The van der Waals surface area contributed by atoms with Crippen LogP contribution >= 0.6 is 0 Å². The first-order valence-corrected chi connectivity index (χ1v) is 7.49. The number of aromatic amines is 1. The van der Waals surface area contributed by atoms with Gasteiger partial charge in [-0.05, 0) is 0 Å². The number of rotatable bonds is 4. The fourth-order valence-corrected chi connectivity index (χ4v) is 2.77. The number of fused-ring (bicyclic) bond motifs is 1. The van der Waals surface area contributed by atoms with Gasteiger partial charge in [0.05, 0.1) is 6.54 Å². The molecule has 0 aliphatic carbocycles. The molecule has 1 N–H and O–H groups in total. The second kappa shape index (κ2) is 5.78. The number of nitrogens with one attached hydrogen (secondary N) is 1. The van der Waals surface area contributed by atoms with Crippen LogP contribution in [0.2, 0.25) is 0 Å². The monoisotopic (exact) mass is 304 g/mol. The fraction of sp³-hybridized carbons (Fsp3) is 0.571. The van der Waals surface area contributed by atoms with Gasteiger partial charge in [-0.15, -0.1) is 0 Å². The largest absolute Gasteiger partial charge is 0.343 e. The second-order valence-corrected chi connectivity index (χ2v) is 5.80. The van der Waals surface area contributed by atoms with Crippen LogP contribution in [-0.2, 0) is 24.4 Å². The van der Waals surface area contributed by atoms with Crippen molar-refractivity contribution in [1.29, 1.82) is 0 Å². The Hall–Kier alpha value is -2.38. The first kappa shape index (κ1) is 14.6. The van der Waals surface area contributed by atoms with Crippen LogP contribution in [-0.4, -0.2) is 41.7 Å². The van der Waals surface area contributed by atoms with Gasteiger partial charge in [-0.25, -0.2) is 14.9 Å². The Morgan fingerprint density at radius 3 is 3.00 bits per heavy atom. The smallest absolute Gasteiger partial charge is 0.334 e. The van der Waals surface area contributed by atoms with Crippen molar-refractivity contribution < 1.29 is 4.79 Å². The van der Waals surface area contributed by atoms with Gasteiger partial charge in [-0.2, -0.15) is 5.10 Å². The summed E-state index contributed by atoms with van der Waals surface area (Å²) < 4.78 is 3.60. The fourth-order valence-electron chi connectivity index (χ4n) is 2.77. The summed E-state index contributed by atoms with van der Waals surface area (Å²) in [4.78, 5) is 29.9. The highest BCUT2D eigenvalue weighted by Gasteiger charge is 2.23. The number of hydrogen-bond donors (Lipinski definition) is 1. The zero-order valence-corrected chi connectivity index (χ0v) is 12.8. The average molecular weight is 304 g/mol. The van der Waals surface area contributed by atoms with E-state index < -0.39 is 0 Å². The van der Waals surface area contributed by atoms with Crippen LogP contribution < -0.4 is 5.69 Å². The lowest BCUT2D eigenvalue weighted by molar-refractivity contribution is -0.133. The topological polar surface area (TPSA) is 88.8 Å². The molecule has 1 amide bonds. The summed E-state index contributed by atoms with van der Waals surface area (Å²) in [5.41, 5.74) is -0.206. The van der Waals surface area contributed by atoms with Crippen LogP contribution in [0.1, 0.15) is 37.8 Å². The molecule has 0 atom stereocenters. The molecule has 2 aromatic rings. The number of aromatic nitrogens is 5. The van der Waals surface area contributed by atoms with E-state index in [4.69, 9.17) is 0 Å². The summed E-state index contributed by atoms with van der Waals surface area (Å²) in [7, 11) is 0. The van der Waals surface area contributed by atoms with E-state index in [2.05, 4.69) is 29.0 Å². The van der Waals surface area contributed by atoms with Gasteiger partial charge in [0, 0.05) is 44.4 Å². The molecule has 118 valence electrons. The lowest BCUT2D eigenvalue weighted by Gasteiger charge is -2.27. The molecule has 1 aliphatic rings. The minimum atomic E-state index is -0.206. The summed E-state index contributed by atoms with van der Waals surface area (Å²) in [6.07, 6.45) is 4.10. The van der Waals surface area contributed by atoms with Crippen molar-refractivity contribution in [3.63, 3.8) is 0 Å². The van der Waals surface area contributed by atoms with Gasteiger partial charge in [0.2, 0.25) is 5.91 Å². The molecular weight excluding hydrogens is 284 g/mol. The van der Waals surface area contributed by atoms with E-state index in [0.29, 0.717) is 44.3 Å². The van der Waals surface area contributed by atoms with Gasteiger partial charge in [0.1, 0.15) is 5.82 Å². The van der Waals surface area contributed by atoms with E-state index in [1.807, 2.05) is 10.8 Å². The molecule has 3 rings (SSSR count). The van der Waals surface area contributed by atoms with E-state index in [1.165, 1.54) is 0 Å². The molecule has 0 saturated heterocycles. The molecule has 0 bridgehead atoms. The van der Waals surface area contributed by atoms with Gasteiger partial charge in [0.25, 0.3) is 0 Å². The third-order valence-electron chi connectivity index (χ3n) is 3.95. The molecule has 0 aromatic carbocycles. The van der Waals surface area contributed by atoms with Gasteiger partial charge >= 0.3 is 5.69 Å². The molecule has 22 heavy (non-hydrogen) atoms. The summed E-state index contributed by atoms with van der Waals surface area (Å²) in [6, 6.07) is 0. The standard InChI is InChI=1S/C14H20N6O2/c1-10(2)13-15-4-6-18(13)5-3-12(21)19-7-8-20-11(9-19)16-17-14(20)22/h4,6,10H,3,5,7-9H2,1-2H3,(H,17,22). The molecule has 0 fully saturated rings. The van der Waals surface area contributed by atoms with E-state index in [1.54, 1.807) is 15.7 Å². The van der Waals surface area contributed by atoms with Crippen molar-refractivity contribution in [1.82, 2.24) is 29.2 Å². The van der Waals surface area contributed by atoms with Crippen LogP contribution in [0, 0.1) is 0 Å². The molecule has 0 saturated carbocycles. The Bertz CT molecular complexity index is 726. The zero-order valence-electron chi connectivity index (χ0n) is 12.8. The lowest BCUT2D eigenvalue weighted by Crippen LogP contribution is -2.40. The highest BCUT2D eigenvalue weighted by atomic mass is 16.2. The third-order valence-corrected chi connectivity index (χ3v) is 3.95.